The zero-order chi connectivity index (χ0) is 57.2. The summed E-state index contributed by atoms with van der Waals surface area (Å²) in [6.45, 7) is 13.0. The first kappa shape index (κ1) is 49.3. The number of para-hydroxylation sites is 3. The first-order chi connectivity index (χ1) is 40.0. The minimum atomic E-state index is -2.45. The zero-order valence-electron chi connectivity index (χ0n) is 49.1. The van der Waals surface area contributed by atoms with Gasteiger partial charge in [-0.3, -0.25) is 0 Å². The van der Waals surface area contributed by atoms with Crippen molar-refractivity contribution in [3.63, 3.8) is 0 Å². The number of hydrogen-bond acceptors (Lipinski definition) is 4. The van der Waals surface area contributed by atoms with E-state index in [9.17, 15) is 0 Å². The fourth-order valence-electron chi connectivity index (χ4n) is 11.1. The number of benzene rings is 10. The first-order valence-corrected chi connectivity index (χ1v) is 27.3. The SMILES string of the molecule is [2H]C([2H])([2H])c1cc(-n2c3[c-]c(Oc4[c-]c(N5[CH-]N(c6c(-c7ccccc7)cccc6-c6ccc(C(C)(C)C)cc6)c6ccccc65)ccc4)c(-c4ccccc4)cc3c3cc(-c4ccccc4)ccc32)ncc1-c1ccc(C(C)(C)C)cc1.[Pt]. The van der Waals surface area contributed by atoms with E-state index in [-0.39, 0.29) is 37.5 Å². The minimum absolute atomic E-state index is 0. The molecule has 0 bridgehead atoms. The molecule has 0 saturated carbocycles. The third-order valence-electron chi connectivity index (χ3n) is 15.4. The predicted molar refractivity (Wildman–Crippen MR) is 334 cm³/mol. The van der Waals surface area contributed by atoms with Crippen LogP contribution in [0.25, 0.3) is 83.3 Å². The van der Waals surface area contributed by atoms with E-state index in [2.05, 4.69) is 234 Å². The van der Waals surface area contributed by atoms with Gasteiger partial charge in [0, 0.05) is 82.1 Å². The molecule has 1 aliphatic heterocycles. The van der Waals surface area contributed by atoms with Crippen molar-refractivity contribution in [2.45, 2.75) is 59.2 Å². The third kappa shape index (κ3) is 10.1. The molecule has 0 radical (unpaired) electrons. The second-order valence-electron chi connectivity index (χ2n) is 22.7. The molecule has 0 unspecified atom stereocenters. The van der Waals surface area contributed by atoms with Crippen molar-refractivity contribution >= 4 is 44.6 Å². The predicted octanol–water partition coefficient (Wildman–Crippen LogP) is 20.2. The van der Waals surface area contributed by atoms with E-state index in [1.165, 1.54) is 5.56 Å². The first-order valence-electron chi connectivity index (χ1n) is 28.8. The molecule has 5 nitrogen and oxygen atoms in total. The Hall–Kier alpha value is -8.76. The Bertz CT molecular complexity index is 4380. The summed E-state index contributed by atoms with van der Waals surface area (Å²) in [5.74, 6) is 1.42. The number of pyridine rings is 1. The van der Waals surface area contributed by atoms with E-state index in [4.69, 9.17) is 13.8 Å². The Balaban J connectivity index is 0.00000694. The van der Waals surface area contributed by atoms with Crippen LogP contribution in [0, 0.1) is 25.7 Å². The molecule has 0 saturated heterocycles. The van der Waals surface area contributed by atoms with Crippen molar-refractivity contribution in [2.24, 2.45) is 0 Å². The molecular weight excluding hydrogens is 1170 g/mol. The molecule has 3 heterocycles. The zero-order valence-corrected chi connectivity index (χ0v) is 48.4. The number of aromatic nitrogens is 2. The topological polar surface area (TPSA) is 33.5 Å². The monoisotopic (exact) mass is 1230 g/mol. The largest absolute Gasteiger partial charge is 0.509 e. The summed E-state index contributed by atoms with van der Waals surface area (Å²) in [5, 5.41) is 1.87. The fraction of sp³-hybridized carbons (Fsp3) is 0.120. The van der Waals surface area contributed by atoms with Gasteiger partial charge in [0.2, 0.25) is 0 Å². The van der Waals surface area contributed by atoms with Crippen LogP contribution in [0.1, 0.15) is 62.3 Å². The Labute approximate surface area is 495 Å². The maximum absolute atomic E-state index is 8.90. The van der Waals surface area contributed by atoms with Crippen LogP contribution < -0.4 is 14.5 Å². The van der Waals surface area contributed by atoms with E-state index in [1.807, 2.05) is 65.2 Å². The van der Waals surface area contributed by atoms with Crippen molar-refractivity contribution in [2.75, 3.05) is 9.80 Å². The number of nitrogens with zero attached hydrogens (tertiary/aromatic N) is 4. The molecule has 0 atom stereocenters. The average molecular weight is 1230 g/mol. The molecule has 81 heavy (non-hydrogen) atoms. The second kappa shape index (κ2) is 21.4. The van der Waals surface area contributed by atoms with E-state index in [1.54, 1.807) is 12.3 Å². The van der Waals surface area contributed by atoms with Crippen molar-refractivity contribution < 1.29 is 29.9 Å². The van der Waals surface area contributed by atoms with Gasteiger partial charge < -0.3 is 19.1 Å². The number of aryl methyl sites for hydroxylation is 1. The van der Waals surface area contributed by atoms with Crippen LogP contribution in [-0.2, 0) is 31.9 Å². The van der Waals surface area contributed by atoms with E-state index >= 15 is 0 Å². The fourth-order valence-corrected chi connectivity index (χ4v) is 11.1. The summed E-state index contributed by atoms with van der Waals surface area (Å²) in [4.78, 5) is 9.60. The van der Waals surface area contributed by atoms with Crippen molar-refractivity contribution in [1.29, 1.82) is 0 Å². The van der Waals surface area contributed by atoms with Gasteiger partial charge in [-0.2, -0.15) is 12.1 Å². The molecule has 0 amide bonds. The van der Waals surface area contributed by atoms with Crippen LogP contribution in [-0.4, -0.2) is 9.55 Å². The molecule has 10 aromatic carbocycles. The third-order valence-corrected chi connectivity index (χ3v) is 15.4. The van der Waals surface area contributed by atoms with Gasteiger partial charge in [0.05, 0.1) is 0 Å². The number of hydrogen-bond donors (Lipinski definition) is 0. The molecule has 0 N–H and O–H groups in total. The van der Waals surface area contributed by atoms with E-state index in [0.717, 1.165) is 94.7 Å². The molecule has 0 fully saturated rings. The summed E-state index contributed by atoms with van der Waals surface area (Å²) >= 11 is 0. The minimum Gasteiger partial charge on any atom is -0.509 e. The molecular formula is C75H61N4OPt-3. The van der Waals surface area contributed by atoms with Gasteiger partial charge in [0.25, 0.3) is 0 Å². The summed E-state index contributed by atoms with van der Waals surface area (Å²) in [6.07, 6.45) is 1.70. The van der Waals surface area contributed by atoms with Gasteiger partial charge in [-0.25, -0.2) is 4.98 Å². The van der Waals surface area contributed by atoms with Crippen molar-refractivity contribution in [3.05, 3.63) is 272 Å². The molecule has 0 aliphatic carbocycles. The number of anilines is 4. The quantitative estimate of drug-likeness (QED) is 0.128. The number of ether oxygens (including phenoxy) is 1. The summed E-state index contributed by atoms with van der Waals surface area (Å²) < 4.78 is 35.9. The number of fused-ring (bicyclic) bond motifs is 4. The molecule has 400 valence electrons. The van der Waals surface area contributed by atoms with Gasteiger partial charge in [0.15, 0.2) is 0 Å². The second-order valence-corrected chi connectivity index (χ2v) is 22.7. The number of rotatable bonds is 10. The average Bonchev–Trinajstić information content (AvgIpc) is 1.76. The van der Waals surface area contributed by atoms with Crippen LogP contribution in [0.4, 0.5) is 22.7 Å². The van der Waals surface area contributed by atoms with Crippen LogP contribution in [0.5, 0.6) is 11.5 Å². The van der Waals surface area contributed by atoms with Gasteiger partial charge in [-0.15, -0.1) is 42.0 Å². The van der Waals surface area contributed by atoms with E-state index < -0.39 is 6.85 Å². The van der Waals surface area contributed by atoms with Gasteiger partial charge in [-0.1, -0.05) is 240 Å². The molecule has 12 aromatic rings. The Morgan fingerprint density at radius 1 is 0.469 bits per heavy atom. The van der Waals surface area contributed by atoms with E-state index in [0.29, 0.717) is 28.4 Å². The molecule has 1 aliphatic rings. The maximum atomic E-state index is 8.90. The molecule has 6 heteroatoms. The van der Waals surface area contributed by atoms with Crippen molar-refractivity contribution in [3.8, 4) is 73.0 Å². The molecule has 13 rings (SSSR count). The summed E-state index contributed by atoms with van der Waals surface area (Å²) in [5.41, 5.74) is 17.7. The molecule has 2 aromatic heterocycles. The van der Waals surface area contributed by atoms with Crippen LogP contribution in [0.3, 0.4) is 0 Å². The normalized spacial score (nSPS) is 13.1. The maximum Gasteiger partial charge on any atom is 0.135 e. The molecule has 0 spiro atoms. The Morgan fingerprint density at radius 3 is 1.60 bits per heavy atom. The van der Waals surface area contributed by atoms with Crippen molar-refractivity contribution in [1.82, 2.24) is 9.55 Å². The Kier molecular flexibility index (Phi) is 13.0. The van der Waals surface area contributed by atoms with Crippen LogP contribution in [0.15, 0.2) is 237 Å². The van der Waals surface area contributed by atoms with Crippen LogP contribution >= 0.6 is 0 Å². The summed E-state index contributed by atoms with van der Waals surface area (Å²) in [6, 6.07) is 87.1. The smallest absolute Gasteiger partial charge is 0.135 e. The summed E-state index contributed by atoms with van der Waals surface area (Å²) in [7, 11) is 0. The van der Waals surface area contributed by atoms with Crippen LogP contribution in [0.2, 0.25) is 0 Å². The van der Waals surface area contributed by atoms with Gasteiger partial charge in [-0.05, 0) is 91.8 Å². The van der Waals surface area contributed by atoms with Gasteiger partial charge in [0.1, 0.15) is 5.82 Å². The standard InChI is InChI=1S/C75H61N4O.Pt/c1-50-43-72(76-48-66(50)55-35-40-58(41-36-55)75(5,6)7)79-67-42-37-56(51-21-11-8-12-22-51)44-64(67)65-46-63(53-25-15-10-16-26-53)71(47-70(65)79)80-60-28-19-27-59(45-60)77-49-78(69-32-18-17-31-68(69)77)73-61(52-23-13-9-14-24-52)29-20-30-62(73)54-33-38-57(39-34-54)74(2,3)4;/h8-44,46,48-49H,1-7H3;/q-3;/i1D3;. The Morgan fingerprint density at radius 2 is 1.00 bits per heavy atom. The van der Waals surface area contributed by atoms with Gasteiger partial charge >= 0.3 is 0 Å².